The summed E-state index contributed by atoms with van der Waals surface area (Å²) in [6.45, 7) is 0. The summed E-state index contributed by atoms with van der Waals surface area (Å²) in [6, 6.07) is 8.39. The Morgan fingerprint density at radius 3 is 2.20 bits per heavy atom. The summed E-state index contributed by atoms with van der Waals surface area (Å²) in [7, 11) is 1.47. The lowest BCUT2D eigenvalue weighted by Gasteiger charge is -2.20. The van der Waals surface area contributed by atoms with Crippen molar-refractivity contribution in [2.75, 3.05) is 11.9 Å². The maximum absolute atomic E-state index is 12.9. The van der Waals surface area contributed by atoms with Crippen LogP contribution in [0.3, 0.4) is 0 Å². The Labute approximate surface area is 171 Å². The van der Waals surface area contributed by atoms with Gasteiger partial charge in [0.25, 0.3) is 0 Å². The Morgan fingerprint density at radius 2 is 1.53 bits per heavy atom. The van der Waals surface area contributed by atoms with Crippen molar-refractivity contribution in [3.8, 4) is 11.6 Å². The highest BCUT2D eigenvalue weighted by Gasteiger charge is 2.32. The second-order valence-corrected chi connectivity index (χ2v) is 6.47. The third kappa shape index (κ3) is 4.93. The lowest BCUT2D eigenvalue weighted by Crippen LogP contribution is -2.13. The quantitative estimate of drug-likeness (QED) is 0.416. The van der Waals surface area contributed by atoms with Crippen molar-refractivity contribution >= 4 is 23.1 Å². The molecule has 0 aliphatic heterocycles. The van der Waals surface area contributed by atoms with Crippen molar-refractivity contribution in [2.45, 2.75) is 12.4 Å². The minimum atomic E-state index is -4.59. The van der Waals surface area contributed by atoms with Gasteiger partial charge in [-0.25, -0.2) is 9.97 Å². The predicted octanol–water partition coefficient (Wildman–Crippen LogP) is 6.73. The molecule has 0 amide bonds. The molecular weight excluding hydrogens is 436 g/mol. The van der Waals surface area contributed by atoms with Gasteiger partial charge in [0.15, 0.2) is 0 Å². The van der Waals surface area contributed by atoms with Gasteiger partial charge >= 0.3 is 12.4 Å². The summed E-state index contributed by atoms with van der Waals surface area (Å²) in [6.07, 6.45) is -8.05. The summed E-state index contributed by atoms with van der Waals surface area (Å²) in [5.74, 6) is -0.264. The first-order valence-corrected chi connectivity index (χ1v) is 8.60. The van der Waals surface area contributed by atoms with E-state index in [0.717, 1.165) is 36.7 Å². The topological polar surface area (TPSA) is 38.2 Å². The van der Waals surface area contributed by atoms with E-state index >= 15 is 0 Å². The number of rotatable bonds is 4. The maximum atomic E-state index is 12.9. The Bertz CT molecular complexity index is 1050. The smallest absolute Gasteiger partial charge is 0.416 e. The van der Waals surface area contributed by atoms with Gasteiger partial charge in [0.2, 0.25) is 5.88 Å². The maximum Gasteiger partial charge on any atom is 0.416 e. The van der Waals surface area contributed by atoms with Crippen molar-refractivity contribution < 1.29 is 31.1 Å². The van der Waals surface area contributed by atoms with Gasteiger partial charge in [-0.2, -0.15) is 26.3 Å². The highest BCUT2D eigenvalue weighted by molar-refractivity contribution is 6.32. The van der Waals surface area contributed by atoms with E-state index in [2.05, 4.69) is 9.97 Å². The zero-order valence-corrected chi connectivity index (χ0v) is 15.8. The van der Waals surface area contributed by atoms with Crippen LogP contribution in [0.25, 0.3) is 0 Å². The van der Waals surface area contributed by atoms with Crippen molar-refractivity contribution in [1.29, 1.82) is 0 Å². The van der Waals surface area contributed by atoms with Crippen LogP contribution in [0.5, 0.6) is 11.6 Å². The molecule has 0 N–H and O–H groups in total. The van der Waals surface area contributed by atoms with Gasteiger partial charge in [0, 0.05) is 18.8 Å². The largest absolute Gasteiger partial charge is 0.437 e. The summed E-state index contributed by atoms with van der Waals surface area (Å²) in [4.78, 5) is 9.13. The third-order valence-corrected chi connectivity index (χ3v) is 4.32. The first-order valence-electron chi connectivity index (χ1n) is 8.23. The summed E-state index contributed by atoms with van der Waals surface area (Å²) in [5.41, 5.74) is -1.61. The van der Waals surface area contributed by atoms with Crippen molar-refractivity contribution in [1.82, 2.24) is 9.97 Å². The molecule has 1 aromatic heterocycles. The van der Waals surface area contributed by atoms with Crippen molar-refractivity contribution in [2.24, 2.45) is 0 Å². The number of halogens is 7. The monoisotopic (exact) mass is 447 g/mol. The van der Waals surface area contributed by atoms with Gasteiger partial charge in [0.1, 0.15) is 17.9 Å². The van der Waals surface area contributed by atoms with Gasteiger partial charge < -0.3 is 9.64 Å². The number of ether oxygens (including phenoxy) is 1. The van der Waals surface area contributed by atoms with Gasteiger partial charge in [-0.15, -0.1) is 0 Å². The van der Waals surface area contributed by atoms with Crippen LogP contribution < -0.4 is 9.64 Å². The average molecular weight is 448 g/mol. The summed E-state index contributed by atoms with van der Waals surface area (Å²) in [5, 5.41) is -0.0746. The highest BCUT2D eigenvalue weighted by atomic mass is 35.5. The van der Waals surface area contributed by atoms with Crippen LogP contribution in [-0.2, 0) is 12.4 Å². The number of anilines is 2. The molecule has 3 aromatic rings. The Balaban J connectivity index is 1.89. The number of benzene rings is 2. The second kappa shape index (κ2) is 8.02. The fourth-order valence-corrected chi connectivity index (χ4v) is 2.62. The first-order chi connectivity index (χ1) is 13.9. The molecule has 1 heterocycles. The molecule has 0 atom stereocenters. The third-order valence-electron chi connectivity index (χ3n) is 4.01. The van der Waals surface area contributed by atoms with E-state index in [1.54, 1.807) is 0 Å². The van der Waals surface area contributed by atoms with Gasteiger partial charge in [-0.1, -0.05) is 17.7 Å². The molecule has 4 nitrogen and oxygen atoms in total. The molecule has 0 saturated carbocycles. The molecule has 0 aliphatic rings. The van der Waals surface area contributed by atoms with E-state index in [-0.39, 0.29) is 28.2 Å². The number of hydrogen-bond acceptors (Lipinski definition) is 4. The average Bonchev–Trinajstić information content (AvgIpc) is 2.68. The number of alkyl halides is 6. The summed E-state index contributed by atoms with van der Waals surface area (Å²) >= 11 is 5.90. The molecule has 0 spiro atoms. The fourth-order valence-electron chi connectivity index (χ4n) is 2.46. The Morgan fingerprint density at radius 1 is 0.867 bits per heavy atom. The lowest BCUT2D eigenvalue weighted by molar-refractivity contribution is -0.138. The molecule has 0 saturated heterocycles. The minimum absolute atomic E-state index is 0.0746. The minimum Gasteiger partial charge on any atom is -0.437 e. The van der Waals surface area contributed by atoms with Crippen molar-refractivity contribution in [3.05, 3.63) is 71.0 Å². The van der Waals surface area contributed by atoms with Crippen LogP contribution in [0.15, 0.2) is 54.9 Å². The van der Waals surface area contributed by atoms with Crippen LogP contribution in [0.4, 0.5) is 37.8 Å². The number of hydrogen-bond donors (Lipinski definition) is 0. The van der Waals surface area contributed by atoms with E-state index in [4.69, 9.17) is 16.3 Å². The van der Waals surface area contributed by atoms with E-state index in [9.17, 15) is 26.3 Å². The second-order valence-electron chi connectivity index (χ2n) is 6.07. The fraction of sp³-hybridized carbons (Fsp3) is 0.158. The molecule has 158 valence electrons. The predicted molar refractivity (Wildman–Crippen MR) is 98.1 cm³/mol. The molecule has 11 heteroatoms. The van der Waals surface area contributed by atoms with E-state index in [1.165, 1.54) is 30.1 Å². The Hall–Kier alpha value is -3.01. The van der Waals surface area contributed by atoms with Crippen LogP contribution in [0.2, 0.25) is 5.02 Å². The van der Waals surface area contributed by atoms with Gasteiger partial charge in [0.05, 0.1) is 16.1 Å². The molecule has 30 heavy (non-hydrogen) atoms. The molecule has 0 aliphatic carbocycles. The lowest BCUT2D eigenvalue weighted by atomic mass is 10.2. The van der Waals surface area contributed by atoms with Gasteiger partial charge in [-0.3, -0.25) is 0 Å². The summed E-state index contributed by atoms with van der Waals surface area (Å²) < 4.78 is 82.9. The highest BCUT2D eigenvalue weighted by Crippen LogP contribution is 2.37. The normalized spacial score (nSPS) is 12.0. The van der Waals surface area contributed by atoms with Crippen molar-refractivity contribution in [3.63, 3.8) is 0 Å². The molecule has 2 aromatic carbocycles. The number of nitrogens with zero attached hydrogens (tertiary/aromatic N) is 3. The molecule has 0 radical (unpaired) electrons. The molecule has 0 fully saturated rings. The zero-order chi connectivity index (χ0) is 22.1. The zero-order valence-electron chi connectivity index (χ0n) is 15.1. The van der Waals surface area contributed by atoms with Crippen LogP contribution in [-0.4, -0.2) is 17.0 Å². The molecular formula is C19H12ClF6N3O. The van der Waals surface area contributed by atoms with Crippen LogP contribution in [0.1, 0.15) is 11.1 Å². The number of aromatic nitrogens is 2. The van der Waals surface area contributed by atoms with Crippen LogP contribution >= 0.6 is 11.6 Å². The van der Waals surface area contributed by atoms with E-state index < -0.39 is 23.5 Å². The first kappa shape index (κ1) is 21.7. The van der Waals surface area contributed by atoms with Gasteiger partial charge in [-0.05, 0) is 36.4 Å². The molecule has 0 unspecified atom stereocenters. The van der Waals surface area contributed by atoms with E-state index in [0.29, 0.717) is 0 Å². The molecule has 0 bridgehead atoms. The molecule has 3 rings (SSSR count). The van der Waals surface area contributed by atoms with E-state index in [1.807, 2.05) is 0 Å². The Kier molecular flexibility index (Phi) is 5.80. The van der Waals surface area contributed by atoms with Crippen LogP contribution in [0, 0.1) is 0 Å². The SMILES string of the molecule is CN(c1cccc(C(F)(F)F)c1)c1cc(Oc2cc(C(F)(F)F)ccc2Cl)ncn1. The standard InChI is InChI=1S/C19H12ClF6N3O/c1-29(13-4-2-3-11(7-13)18(21,22)23)16-9-17(28-10-27-16)30-15-8-12(19(24,25)26)5-6-14(15)20/h2-10H,1H3.